The normalized spacial score (nSPS) is 17.7. The fourth-order valence-electron chi connectivity index (χ4n) is 4.24. The van der Waals surface area contributed by atoms with Crippen molar-refractivity contribution in [2.75, 3.05) is 32.9 Å². The van der Waals surface area contributed by atoms with Crippen LogP contribution in [0.1, 0.15) is 18.7 Å². The Labute approximate surface area is 219 Å². The molecule has 2 aromatic rings. The molecule has 2 aliphatic rings. The van der Waals surface area contributed by atoms with E-state index in [0.717, 1.165) is 37.4 Å². The van der Waals surface area contributed by atoms with Crippen molar-refractivity contribution in [3.05, 3.63) is 42.4 Å². The number of alkyl halides is 6. The van der Waals surface area contributed by atoms with Crippen molar-refractivity contribution >= 4 is 22.0 Å². The van der Waals surface area contributed by atoms with E-state index in [1.165, 1.54) is 11.8 Å². The number of fused-ring (bicyclic) bond motifs is 2. The zero-order valence-corrected chi connectivity index (χ0v) is 21.5. The van der Waals surface area contributed by atoms with Crippen molar-refractivity contribution in [1.82, 2.24) is 18.8 Å². The van der Waals surface area contributed by atoms with Gasteiger partial charge in [-0.05, 0) is 25.5 Å². The molecule has 1 aromatic heterocycles. The molecule has 4 rings (SSSR count). The Hall–Kier alpha value is -3.18. The monoisotopic (exact) mass is 588 g/mol. The standard InChI is InChI=1S/C18H24N4O2S.2C2HF3O2/c1-20-12-13-22-16(15-6-4-3-5-7-15)14-19-17(22)18(20)8-10-21(11-9-18)25(2,23)24;2*3-2(4,5)1(6)7/h3-7,14H,8-13H2,1-2H3;2*(H,6,7). The molecule has 1 fully saturated rings. The van der Waals surface area contributed by atoms with Gasteiger partial charge in [0.1, 0.15) is 5.82 Å². The highest BCUT2D eigenvalue weighted by Crippen LogP contribution is 2.41. The summed E-state index contributed by atoms with van der Waals surface area (Å²) < 4.78 is 91.1. The summed E-state index contributed by atoms with van der Waals surface area (Å²) in [4.78, 5) is 25.0. The molecule has 1 spiro atoms. The highest BCUT2D eigenvalue weighted by molar-refractivity contribution is 7.88. The van der Waals surface area contributed by atoms with Gasteiger partial charge in [0.2, 0.25) is 10.0 Å². The summed E-state index contributed by atoms with van der Waals surface area (Å²) in [6.45, 7) is 2.96. The molecule has 0 amide bonds. The first-order valence-electron chi connectivity index (χ1n) is 11.2. The smallest absolute Gasteiger partial charge is 0.475 e. The Morgan fingerprint density at radius 3 is 1.77 bits per heavy atom. The summed E-state index contributed by atoms with van der Waals surface area (Å²) >= 11 is 0. The third-order valence-electron chi connectivity index (χ3n) is 6.23. The van der Waals surface area contributed by atoms with Gasteiger partial charge in [-0.3, -0.25) is 4.90 Å². The topological polar surface area (TPSA) is 133 Å². The lowest BCUT2D eigenvalue weighted by Crippen LogP contribution is -2.56. The fourth-order valence-corrected chi connectivity index (χ4v) is 5.09. The molecular formula is C22H26F6N4O6S. The van der Waals surface area contributed by atoms with E-state index in [0.29, 0.717) is 13.1 Å². The van der Waals surface area contributed by atoms with Gasteiger partial charge in [-0.2, -0.15) is 26.3 Å². The van der Waals surface area contributed by atoms with Crippen LogP contribution in [-0.2, 0) is 31.7 Å². The third kappa shape index (κ3) is 7.92. The van der Waals surface area contributed by atoms with Crippen LogP contribution >= 0.6 is 0 Å². The predicted octanol–water partition coefficient (Wildman–Crippen LogP) is 3.01. The lowest BCUT2D eigenvalue weighted by atomic mass is 9.84. The maximum absolute atomic E-state index is 11.9. The number of likely N-dealkylation sites (N-methyl/N-ethyl adjacent to an activating group) is 1. The number of carboxylic acid groups (broad SMARTS) is 2. The molecule has 39 heavy (non-hydrogen) atoms. The van der Waals surface area contributed by atoms with Crippen LogP contribution in [-0.4, -0.2) is 94.6 Å². The van der Waals surface area contributed by atoms with Crippen LogP contribution in [0, 0.1) is 0 Å². The minimum absolute atomic E-state index is 0.174. The second kappa shape index (κ2) is 11.9. The van der Waals surface area contributed by atoms with Gasteiger partial charge in [0, 0.05) is 26.2 Å². The van der Waals surface area contributed by atoms with E-state index < -0.39 is 34.3 Å². The van der Waals surface area contributed by atoms with Crippen molar-refractivity contribution in [2.24, 2.45) is 0 Å². The molecule has 0 bridgehead atoms. The van der Waals surface area contributed by atoms with Crippen molar-refractivity contribution in [3.63, 3.8) is 0 Å². The number of benzene rings is 1. The van der Waals surface area contributed by atoms with E-state index >= 15 is 0 Å². The van der Waals surface area contributed by atoms with Crippen molar-refractivity contribution in [2.45, 2.75) is 37.3 Å². The molecule has 2 aliphatic heterocycles. The molecule has 1 saturated heterocycles. The number of halogens is 6. The molecular weight excluding hydrogens is 562 g/mol. The zero-order valence-electron chi connectivity index (χ0n) is 20.7. The maximum Gasteiger partial charge on any atom is 0.490 e. The van der Waals surface area contributed by atoms with Crippen LogP contribution in [0.4, 0.5) is 26.3 Å². The third-order valence-corrected chi connectivity index (χ3v) is 7.54. The van der Waals surface area contributed by atoms with Gasteiger partial charge in [0.05, 0.1) is 23.7 Å². The number of piperidine rings is 1. The molecule has 17 heteroatoms. The number of nitrogens with zero attached hydrogens (tertiary/aromatic N) is 4. The molecule has 2 N–H and O–H groups in total. The molecule has 0 atom stereocenters. The number of rotatable bonds is 2. The largest absolute Gasteiger partial charge is 0.490 e. The Bertz CT molecular complexity index is 1230. The number of hydrogen-bond acceptors (Lipinski definition) is 6. The van der Waals surface area contributed by atoms with Gasteiger partial charge >= 0.3 is 24.3 Å². The van der Waals surface area contributed by atoms with Crippen LogP contribution in [0.3, 0.4) is 0 Å². The van der Waals surface area contributed by atoms with E-state index in [4.69, 9.17) is 24.8 Å². The summed E-state index contributed by atoms with van der Waals surface area (Å²) in [5.74, 6) is -4.44. The van der Waals surface area contributed by atoms with Gasteiger partial charge in [-0.25, -0.2) is 27.3 Å². The second-order valence-corrected chi connectivity index (χ2v) is 10.7. The van der Waals surface area contributed by atoms with Crippen LogP contribution in [0.5, 0.6) is 0 Å². The van der Waals surface area contributed by atoms with Crippen molar-refractivity contribution in [1.29, 1.82) is 0 Å². The summed E-state index contributed by atoms with van der Waals surface area (Å²) in [6.07, 6.45) is -5.35. The Balaban J connectivity index is 0.000000317. The van der Waals surface area contributed by atoms with Crippen LogP contribution in [0.2, 0.25) is 0 Å². The first kappa shape index (κ1) is 32.0. The average Bonchev–Trinajstić information content (AvgIpc) is 3.27. The van der Waals surface area contributed by atoms with E-state index in [9.17, 15) is 34.8 Å². The number of imidazole rings is 1. The highest BCUT2D eigenvalue weighted by atomic mass is 32.2. The number of aromatic nitrogens is 2. The van der Waals surface area contributed by atoms with Gasteiger partial charge in [0.25, 0.3) is 0 Å². The van der Waals surface area contributed by atoms with Crippen LogP contribution in [0.25, 0.3) is 11.3 Å². The molecule has 0 radical (unpaired) electrons. The molecule has 0 saturated carbocycles. The molecule has 10 nitrogen and oxygen atoms in total. The van der Waals surface area contributed by atoms with Crippen molar-refractivity contribution in [3.8, 4) is 11.3 Å². The molecule has 0 aliphatic carbocycles. The van der Waals surface area contributed by atoms with E-state index in [1.54, 1.807) is 4.31 Å². The molecule has 3 heterocycles. The average molecular weight is 589 g/mol. The molecule has 1 aromatic carbocycles. The summed E-state index contributed by atoms with van der Waals surface area (Å²) in [5.41, 5.74) is 2.15. The number of carboxylic acids is 2. The SMILES string of the molecule is CN1CCn2c(-c3ccccc3)cnc2C12CCN(S(C)(=O)=O)CC2.O=C(O)C(F)(F)F.O=C(O)C(F)(F)F. The van der Waals surface area contributed by atoms with E-state index in [1.807, 2.05) is 24.4 Å². The van der Waals surface area contributed by atoms with Gasteiger partial charge in [0.15, 0.2) is 0 Å². The minimum Gasteiger partial charge on any atom is -0.475 e. The summed E-state index contributed by atoms with van der Waals surface area (Å²) in [7, 11) is -0.991. The second-order valence-electron chi connectivity index (χ2n) is 8.71. The minimum atomic E-state index is -5.08. The number of hydrogen-bond donors (Lipinski definition) is 2. The van der Waals surface area contributed by atoms with Gasteiger partial charge in [-0.15, -0.1) is 0 Å². The number of aliphatic carboxylic acids is 2. The van der Waals surface area contributed by atoms with Gasteiger partial charge in [-0.1, -0.05) is 30.3 Å². The Morgan fingerprint density at radius 2 is 1.36 bits per heavy atom. The van der Waals surface area contributed by atoms with Crippen molar-refractivity contribution < 1.29 is 54.6 Å². The maximum atomic E-state index is 11.9. The number of carbonyl (C=O) groups is 2. The fraction of sp³-hybridized carbons (Fsp3) is 0.500. The Morgan fingerprint density at radius 1 is 0.897 bits per heavy atom. The molecule has 218 valence electrons. The van der Waals surface area contributed by atoms with Crippen LogP contribution in [0.15, 0.2) is 36.5 Å². The zero-order chi connectivity index (χ0) is 29.8. The first-order chi connectivity index (χ1) is 17.8. The van der Waals surface area contributed by atoms with Crippen LogP contribution < -0.4 is 0 Å². The summed E-state index contributed by atoms with van der Waals surface area (Å²) in [5, 5.41) is 14.2. The quantitative estimate of drug-likeness (QED) is 0.512. The first-order valence-corrected chi connectivity index (χ1v) is 13.0. The Kier molecular flexibility index (Phi) is 9.79. The highest BCUT2D eigenvalue weighted by Gasteiger charge is 2.46. The van der Waals surface area contributed by atoms with Gasteiger partial charge < -0.3 is 14.8 Å². The number of sulfonamides is 1. The lowest BCUT2D eigenvalue weighted by molar-refractivity contribution is -0.193. The van der Waals surface area contributed by atoms with E-state index in [-0.39, 0.29) is 5.54 Å². The lowest BCUT2D eigenvalue weighted by Gasteiger charge is -2.49. The van der Waals surface area contributed by atoms with E-state index in [2.05, 4.69) is 28.6 Å². The summed E-state index contributed by atoms with van der Waals surface area (Å²) in [6, 6.07) is 10.3. The predicted molar refractivity (Wildman–Crippen MR) is 125 cm³/mol. The molecule has 0 unspecified atom stereocenters.